The van der Waals surface area contributed by atoms with Gasteiger partial charge in [-0.2, -0.15) is 0 Å². The molecule has 3 rings (SSSR count). The molecular weight excluding hydrogens is 320 g/mol. The van der Waals surface area contributed by atoms with E-state index in [2.05, 4.69) is 19.1 Å². The van der Waals surface area contributed by atoms with E-state index < -0.39 is 5.78 Å². The molecule has 0 spiro atoms. The van der Waals surface area contributed by atoms with E-state index in [1.165, 1.54) is 44.1 Å². The van der Waals surface area contributed by atoms with Crippen molar-refractivity contribution in [2.24, 2.45) is 5.92 Å². The zero-order valence-corrected chi connectivity index (χ0v) is 15.6. The van der Waals surface area contributed by atoms with Crippen LogP contribution in [0.25, 0.3) is 0 Å². The molecule has 0 unspecified atom stereocenters. The van der Waals surface area contributed by atoms with Gasteiger partial charge in [-0.15, -0.1) is 0 Å². The SMILES string of the molecule is CCCC1CCC(c2ccc(CC(=O)C(=O)c3ccccc3)cc2)CC1. The molecule has 0 N–H and O–H groups in total. The van der Waals surface area contributed by atoms with Crippen LogP contribution < -0.4 is 0 Å². The molecule has 0 radical (unpaired) electrons. The number of ketones is 2. The van der Waals surface area contributed by atoms with E-state index in [-0.39, 0.29) is 12.2 Å². The number of carbonyl (C=O) groups excluding carboxylic acids is 2. The van der Waals surface area contributed by atoms with Gasteiger partial charge < -0.3 is 0 Å². The van der Waals surface area contributed by atoms with Crippen LogP contribution in [-0.2, 0) is 11.2 Å². The quantitative estimate of drug-likeness (QED) is 0.471. The Morgan fingerprint density at radius 3 is 2.15 bits per heavy atom. The molecule has 1 saturated carbocycles. The number of rotatable bonds is 7. The summed E-state index contributed by atoms with van der Waals surface area (Å²) in [6.07, 6.45) is 8.06. The Balaban J connectivity index is 1.56. The van der Waals surface area contributed by atoms with Gasteiger partial charge in [-0.3, -0.25) is 9.59 Å². The van der Waals surface area contributed by atoms with E-state index in [1.807, 2.05) is 18.2 Å². The lowest BCUT2D eigenvalue weighted by Crippen LogP contribution is -2.16. The summed E-state index contributed by atoms with van der Waals surface area (Å²) in [5.74, 6) is 0.823. The van der Waals surface area contributed by atoms with E-state index in [9.17, 15) is 9.59 Å². The van der Waals surface area contributed by atoms with Crippen LogP contribution >= 0.6 is 0 Å². The Morgan fingerprint density at radius 2 is 1.54 bits per heavy atom. The largest absolute Gasteiger partial charge is 0.290 e. The molecule has 2 aromatic carbocycles. The van der Waals surface area contributed by atoms with Crippen molar-refractivity contribution in [2.45, 2.75) is 57.8 Å². The molecule has 0 atom stereocenters. The van der Waals surface area contributed by atoms with Gasteiger partial charge in [-0.1, -0.05) is 74.4 Å². The second-order valence-corrected chi connectivity index (χ2v) is 7.54. The van der Waals surface area contributed by atoms with Crippen molar-refractivity contribution in [1.82, 2.24) is 0 Å². The van der Waals surface area contributed by atoms with Crippen molar-refractivity contribution in [3.63, 3.8) is 0 Å². The fourth-order valence-corrected chi connectivity index (χ4v) is 4.12. The van der Waals surface area contributed by atoms with Gasteiger partial charge >= 0.3 is 0 Å². The predicted molar refractivity (Wildman–Crippen MR) is 106 cm³/mol. The molecule has 0 saturated heterocycles. The van der Waals surface area contributed by atoms with E-state index >= 15 is 0 Å². The number of hydrogen-bond donors (Lipinski definition) is 0. The maximum absolute atomic E-state index is 12.2. The fraction of sp³-hybridized carbons (Fsp3) is 0.417. The standard InChI is InChI=1S/C24H28O2/c1-2-6-18-9-13-20(14-10-18)21-15-11-19(12-16-21)17-23(25)24(26)22-7-4-3-5-8-22/h3-5,7-8,11-12,15-16,18,20H,2,6,9-10,13-14,17H2,1H3. The van der Waals surface area contributed by atoms with Gasteiger partial charge in [0.15, 0.2) is 0 Å². The minimum absolute atomic E-state index is 0.178. The molecule has 1 aliphatic carbocycles. The number of carbonyl (C=O) groups is 2. The van der Waals surface area contributed by atoms with Gasteiger partial charge in [0.05, 0.1) is 0 Å². The first-order chi connectivity index (χ1) is 12.7. The van der Waals surface area contributed by atoms with E-state index in [0.29, 0.717) is 11.5 Å². The third-order valence-corrected chi connectivity index (χ3v) is 5.65. The number of Topliss-reactive ketones (excluding diaryl/α,β-unsaturated/α-hetero) is 2. The van der Waals surface area contributed by atoms with Crippen LogP contribution in [0.5, 0.6) is 0 Å². The van der Waals surface area contributed by atoms with Crippen molar-refractivity contribution in [3.8, 4) is 0 Å². The van der Waals surface area contributed by atoms with Crippen molar-refractivity contribution < 1.29 is 9.59 Å². The van der Waals surface area contributed by atoms with Gasteiger partial charge in [0.1, 0.15) is 0 Å². The summed E-state index contributed by atoms with van der Waals surface area (Å²) in [7, 11) is 0. The Kier molecular flexibility index (Phi) is 6.38. The average molecular weight is 348 g/mol. The van der Waals surface area contributed by atoms with Gasteiger partial charge in [-0.05, 0) is 48.6 Å². The van der Waals surface area contributed by atoms with Crippen LogP contribution in [0.3, 0.4) is 0 Å². The van der Waals surface area contributed by atoms with Gasteiger partial charge in [0.2, 0.25) is 11.6 Å². The molecule has 2 aromatic rings. The maximum Gasteiger partial charge on any atom is 0.228 e. The highest BCUT2D eigenvalue weighted by Crippen LogP contribution is 2.37. The Morgan fingerprint density at radius 1 is 0.885 bits per heavy atom. The minimum Gasteiger partial charge on any atom is -0.290 e. The molecular formula is C24H28O2. The molecule has 0 heterocycles. The number of hydrogen-bond acceptors (Lipinski definition) is 2. The third kappa shape index (κ3) is 4.69. The molecule has 1 aliphatic rings. The lowest BCUT2D eigenvalue weighted by atomic mass is 9.77. The zero-order chi connectivity index (χ0) is 18.4. The third-order valence-electron chi connectivity index (χ3n) is 5.65. The lowest BCUT2D eigenvalue weighted by molar-refractivity contribution is -0.114. The van der Waals surface area contributed by atoms with Crippen LogP contribution in [0, 0.1) is 5.92 Å². The van der Waals surface area contributed by atoms with Crippen molar-refractivity contribution in [2.75, 3.05) is 0 Å². The van der Waals surface area contributed by atoms with E-state index in [1.54, 1.807) is 24.3 Å². The summed E-state index contributed by atoms with van der Waals surface area (Å²) in [5.41, 5.74) is 2.77. The Labute approximate surface area is 156 Å². The lowest BCUT2D eigenvalue weighted by Gasteiger charge is -2.28. The molecule has 2 heteroatoms. The van der Waals surface area contributed by atoms with Crippen molar-refractivity contribution in [1.29, 1.82) is 0 Å². The Bertz CT molecular complexity index is 723. The van der Waals surface area contributed by atoms with E-state index in [0.717, 1.165) is 11.5 Å². The van der Waals surface area contributed by atoms with Crippen LogP contribution in [-0.4, -0.2) is 11.6 Å². The summed E-state index contributed by atoms with van der Waals surface area (Å²) >= 11 is 0. The monoisotopic (exact) mass is 348 g/mol. The molecule has 0 amide bonds. The van der Waals surface area contributed by atoms with Crippen LogP contribution in [0.1, 0.15) is 72.9 Å². The summed E-state index contributed by atoms with van der Waals surface area (Å²) < 4.78 is 0. The first-order valence-corrected chi connectivity index (χ1v) is 9.88. The highest BCUT2D eigenvalue weighted by atomic mass is 16.2. The topological polar surface area (TPSA) is 34.1 Å². The second-order valence-electron chi connectivity index (χ2n) is 7.54. The maximum atomic E-state index is 12.2. The van der Waals surface area contributed by atoms with Crippen LogP contribution in [0.15, 0.2) is 54.6 Å². The first-order valence-electron chi connectivity index (χ1n) is 9.88. The molecule has 2 nitrogen and oxygen atoms in total. The van der Waals surface area contributed by atoms with Crippen LogP contribution in [0.4, 0.5) is 0 Å². The molecule has 26 heavy (non-hydrogen) atoms. The smallest absolute Gasteiger partial charge is 0.228 e. The summed E-state index contributed by atoms with van der Waals surface area (Å²) in [6, 6.07) is 17.1. The van der Waals surface area contributed by atoms with Gasteiger partial charge in [0.25, 0.3) is 0 Å². The normalized spacial score (nSPS) is 19.9. The van der Waals surface area contributed by atoms with Crippen molar-refractivity contribution in [3.05, 3.63) is 71.3 Å². The highest BCUT2D eigenvalue weighted by molar-refractivity contribution is 6.44. The van der Waals surface area contributed by atoms with E-state index in [4.69, 9.17) is 0 Å². The molecule has 0 bridgehead atoms. The molecule has 0 aliphatic heterocycles. The molecule has 136 valence electrons. The Hall–Kier alpha value is -2.22. The summed E-state index contributed by atoms with van der Waals surface area (Å²) in [5, 5.41) is 0. The summed E-state index contributed by atoms with van der Waals surface area (Å²) in [4.78, 5) is 24.4. The van der Waals surface area contributed by atoms with Crippen LogP contribution in [0.2, 0.25) is 0 Å². The summed E-state index contributed by atoms with van der Waals surface area (Å²) in [6.45, 7) is 2.27. The highest BCUT2D eigenvalue weighted by Gasteiger charge is 2.22. The van der Waals surface area contributed by atoms with Gasteiger partial charge in [-0.25, -0.2) is 0 Å². The molecule has 1 fully saturated rings. The minimum atomic E-state index is -0.399. The average Bonchev–Trinajstić information content (AvgIpc) is 2.69. The predicted octanol–water partition coefficient (Wildman–Crippen LogP) is 5.76. The zero-order valence-electron chi connectivity index (χ0n) is 15.6. The first kappa shape index (κ1) is 18.6. The van der Waals surface area contributed by atoms with Gasteiger partial charge in [0, 0.05) is 12.0 Å². The van der Waals surface area contributed by atoms with Crippen molar-refractivity contribution >= 4 is 11.6 Å². The second kappa shape index (κ2) is 8.93. The number of benzene rings is 2. The fourth-order valence-electron chi connectivity index (χ4n) is 4.12. The molecule has 0 aromatic heterocycles.